The predicted octanol–water partition coefficient (Wildman–Crippen LogP) is 2.25. The summed E-state index contributed by atoms with van der Waals surface area (Å²) in [5.41, 5.74) is 2.29. The van der Waals surface area contributed by atoms with Crippen LogP contribution in [-0.2, 0) is 38.4 Å². The van der Waals surface area contributed by atoms with Gasteiger partial charge in [-0.15, -0.1) is 6.58 Å². The fraction of sp³-hybridized carbons (Fsp3) is 0.378. The average Bonchev–Trinajstić information content (AvgIpc) is 3.14. The van der Waals surface area contributed by atoms with Gasteiger partial charge in [-0.3, -0.25) is 24.3 Å². The molecule has 2 aliphatic heterocycles. The fourth-order valence-electron chi connectivity index (χ4n) is 6.20. The molecular weight excluding hydrogens is 703 g/mol. The number of carbonyl (C=O) groups is 3. The van der Waals surface area contributed by atoms with E-state index in [0.29, 0.717) is 37.7 Å². The third kappa shape index (κ3) is 12.4. The Labute approximate surface area is 309 Å². The summed E-state index contributed by atoms with van der Waals surface area (Å²) in [6.07, 6.45) is 0.756. The van der Waals surface area contributed by atoms with Crippen LogP contribution in [-0.4, -0.2) is 114 Å². The largest absolute Gasteiger partial charge is 0.524 e. The zero-order valence-corrected chi connectivity index (χ0v) is 30.4. The zero-order chi connectivity index (χ0) is 37.6. The first-order chi connectivity index (χ1) is 25.6. The second-order valence-electron chi connectivity index (χ2n) is 12.7. The van der Waals surface area contributed by atoms with Crippen LogP contribution in [0.25, 0.3) is 0 Å². The van der Waals surface area contributed by atoms with Crippen LogP contribution < -0.4 is 25.2 Å². The first-order valence-electron chi connectivity index (χ1n) is 17.4. The van der Waals surface area contributed by atoms with E-state index in [1.54, 1.807) is 23.1 Å². The van der Waals surface area contributed by atoms with Crippen molar-refractivity contribution in [2.45, 2.75) is 31.7 Å². The zero-order valence-electron chi connectivity index (χ0n) is 29.5. The Hall–Kier alpha value is -4.76. The van der Waals surface area contributed by atoms with Crippen LogP contribution in [0.5, 0.6) is 11.5 Å². The SMILES string of the molecule is C=CCNCC(=O)N1[C@@H](NC(=O)NCc2ccccc2)CN(Cc2cccc(OCCN3CCOCC3)c2)C(=O)[C@@H]1Cc1ccc(OP(=O)(O)O)cc1. The van der Waals surface area contributed by atoms with Gasteiger partial charge in [0.15, 0.2) is 0 Å². The van der Waals surface area contributed by atoms with Gasteiger partial charge < -0.3 is 39.7 Å². The van der Waals surface area contributed by atoms with Gasteiger partial charge in [0.25, 0.3) is 0 Å². The molecule has 2 fully saturated rings. The van der Waals surface area contributed by atoms with E-state index in [9.17, 15) is 28.7 Å². The fourth-order valence-corrected chi connectivity index (χ4v) is 6.59. The van der Waals surface area contributed by atoms with Gasteiger partial charge in [-0.25, -0.2) is 9.36 Å². The highest BCUT2D eigenvalue weighted by atomic mass is 31.2. The molecule has 15 nitrogen and oxygen atoms in total. The Morgan fingerprint density at radius 2 is 1.70 bits per heavy atom. The molecule has 2 heterocycles. The van der Waals surface area contributed by atoms with Gasteiger partial charge in [-0.1, -0.05) is 60.7 Å². The number of urea groups is 1. The summed E-state index contributed by atoms with van der Waals surface area (Å²) in [4.78, 5) is 65.4. The van der Waals surface area contributed by atoms with Gasteiger partial charge in [0, 0.05) is 45.7 Å². The Morgan fingerprint density at radius 1 is 0.962 bits per heavy atom. The molecule has 16 heteroatoms. The van der Waals surface area contributed by atoms with Crippen LogP contribution in [0.2, 0.25) is 0 Å². The maximum atomic E-state index is 14.4. The number of piperazine rings is 1. The van der Waals surface area contributed by atoms with E-state index in [2.05, 4.69) is 32.0 Å². The first kappa shape index (κ1) is 39.4. The number of phosphoric acid groups is 1. The van der Waals surface area contributed by atoms with Crippen LogP contribution in [0.3, 0.4) is 0 Å². The number of amides is 4. The molecule has 2 saturated heterocycles. The molecule has 4 amide bonds. The van der Waals surface area contributed by atoms with Crippen molar-refractivity contribution in [3.63, 3.8) is 0 Å². The topological polar surface area (TPSA) is 182 Å². The van der Waals surface area contributed by atoms with Gasteiger partial charge in [0.2, 0.25) is 11.8 Å². The van der Waals surface area contributed by atoms with Crippen molar-refractivity contribution in [2.24, 2.45) is 0 Å². The maximum Gasteiger partial charge on any atom is 0.524 e. The molecule has 5 rings (SSSR count). The summed E-state index contributed by atoms with van der Waals surface area (Å²) in [5.74, 6) is -0.134. The van der Waals surface area contributed by atoms with E-state index in [1.807, 2.05) is 54.6 Å². The van der Waals surface area contributed by atoms with Crippen LogP contribution in [0.15, 0.2) is 91.5 Å². The number of nitrogens with zero attached hydrogens (tertiary/aromatic N) is 3. The van der Waals surface area contributed by atoms with E-state index in [4.69, 9.17) is 9.47 Å². The molecule has 0 spiro atoms. The number of benzene rings is 3. The Morgan fingerprint density at radius 3 is 2.42 bits per heavy atom. The summed E-state index contributed by atoms with van der Waals surface area (Å²) in [6.45, 7) is 8.76. The van der Waals surface area contributed by atoms with Gasteiger partial charge in [0.1, 0.15) is 30.3 Å². The van der Waals surface area contributed by atoms with Crippen LogP contribution in [0.4, 0.5) is 4.79 Å². The molecule has 5 N–H and O–H groups in total. The molecular formula is C37H47N6O9P. The third-order valence-electron chi connectivity index (χ3n) is 8.74. The molecule has 284 valence electrons. The van der Waals surface area contributed by atoms with E-state index in [-0.39, 0.29) is 44.3 Å². The average molecular weight is 751 g/mol. The molecule has 0 saturated carbocycles. The Balaban J connectivity index is 1.38. The molecule has 3 aromatic carbocycles. The highest BCUT2D eigenvalue weighted by Crippen LogP contribution is 2.37. The first-order valence-corrected chi connectivity index (χ1v) is 19.0. The van der Waals surface area contributed by atoms with Crippen LogP contribution in [0, 0.1) is 0 Å². The predicted molar refractivity (Wildman–Crippen MR) is 197 cm³/mol. The minimum Gasteiger partial charge on any atom is -0.492 e. The number of morpholine rings is 1. The molecule has 0 radical (unpaired) electrons. The van der Waals surface area contributed by atoms with Crippen molar-refractivity contribution in [3.8, 4) is 11.5 Å². The van der Waals surface area contributed by atoms with Gasteiger partial charge in [-0.2, -0.15) is 0 Å². The number of hydrogen-bond acceptors (Lipinski definition) is 9. The molecule has 2 aliphatic rings. The Bertz CT molecular complexity index is 1720. The molecule has 2 atom stereocenters. The third-order valence-corrected chi connectivity index (χ3v) is 9.19. The standard InChI is InChI=1S/C37H47N6O9P/c1-2-15-38-25-35(44)43-33(23-28-11-13-31(14-12-28)52-53(47,48)49)36(45)42(27-34(43)40-37(46)39-24-29-7-4-3-5-8-29)26-30-9-6-10-32(22-30)51-21-18-41-16-19-50-20-17-41/h2-14,22,33-34,38H,1,15-21,23-27H2,(H2,39,40,46)(H2,47,48,49)/t33-,34+/m0/s1. The van der Waals surface area contributed by atoms with Crippen LogP contribution in [0.1, 0.15) is 16.7 Å². The summed E-state index contributed by atoms with van der Waals surface area (Å²) in [5, 5.41) is 8.79. The second-order valence-corrected chi connectivity index (χ2v) is 13.8. The lowest BCUT2D eigenvalue weighted by atomic mass is 9.99. The van der Waals surface area contributed by atoms with E-state index >= 15 is 0 Å². The maximum absolute atomic E-state index is 14.4. The quantitative estimate of drug-likeness (QED) is 0.0776. The Kier molecular flexibility index (Phi) is 14.4. The highest BCUT2D eigenvalue weighted by molar-refractivity contribution is 7.46. The van der Waals surface area contributed by atoms with Crippen molar-refractivity contribution in [1.82, 2.24) is 30.7 Å². The number of carbonyl (C=O) groups excluding carboxylic acids is 3. The molecule has 3 aromatic rings. The number of hydrogen-bond donors (Lipinski definition) is 5. The summed E-state index contributed by atoms with van der Waals surface area (Å²) in [7, 11) is -4.78. The molecule has 0 aromatic heterocycles. The number of ether oxygens (including phenoxy) is 2. The lowest BCUT2D eigenvalue weighted by Gasteiger charge is -2.46. The van der Waals surface area contributed by atoms with Crippen molar-refractivity contribution >= 4 is 25.7 Å². The lowest BCUT2D eigenvalue weighted by molar-refractivity contribution is -0.157. The summed E-state index contributed by atoms with van der Waals surface area (Å²) in [6, 6.07) is 21.2. The highest BCUT2D eigenvalue weighted by Gasteiger charge is 2.43. The van der Waals surface area contributed by atoms with E-state index < -0.39 is 32.0 Å². The van der Waals surface area contributed by atoms with Crippen molar-refractivity contribution in [1.29, 1.82) is 0 Å². The molecule has 53 heavy (non-hydrogen) atoms. The van der Waals surface area contributed by atoms with E-state index in [1.165, 1.54) is 17.0 Å². The van der Waals surface area contributed by atoms with E-state index in [0.717, 1.165) is 30.8 Å². The molecule has 0 bridgehead atoms. The minimum absolute atomic E-state index is 0.0124. The smallest absolute Gasteiger partial charge is 0.492 e. The van der Waals surface area contributed by atoms with Gasteiger partial charge in [-0.05, 0) is 41.0 Å². The molecule has 0 aliphatic carbocycles. The minimum atomic E-state index is -4.78. The van der Waals surface area contributed by atoms with Crippen LogP contribution >= 0.6 is 7.82 Å². The summed E-state index contributed by atoms with van der Waals surface area (Å²) >= 11 is 0. The lowest BCUT2D eigenvalue weighted by Crippen LogP contribution is -2.69. The van der Waals surface area contributed by atoms with Gasteiger partial charge in [0.05, 0.1) is 26.3 Å². The normalized spacial score (nSPS) is 18.0. The second kappa shape index (κ2) is 19.4. The monoisotopic (exact) mass is 750 g/mol. The van der Waals surface area contributed by atoms with Crippen molar-refractivity contribution in [3.05, 3.63) is 108 Å². The number of phosphoric ester groups is 1. The summed E-state index contributed by atoms with van der Waals surface area (Å²) < 4.78 is 27.5. The van der Waals surface area contributed by atoms with Crippen molar-refractivity contribution < 1.29 is 42.7 Å². The van der Waals surface area contributed by atoms with Gasteiger partial charge >= 0.3 is 13.9 Å². The number of rotatable bonds is 17. The van der Waals surface area contributed by atoms with Crippen molar-refractivity contribution in [2.75, 3.05) is 59.1 Å². The molecule has 0 unspecified atom stereocenters. The number of nitrogens with one attached hydrogen (secondary N) is 3.